The molecule has 114 valence electrons. The van der Waals surface area contributed by atoms with Gasteiger partial charge in [0.2, 0.25) is 0 Å². The molecule has 1 atom stereocenters. The third-order valence-corrected chi connectivity index (χ3v) is 4.54. The van der Waals surface area contributed by atoms with Gasteiger partial charge in [0, 0.05) is 38.5 Å². The van der Waals surface area contributed by atoms with Crippen LogP contribution in [0.15, 0.2) is 12.4 Å². The van der Waals surface area contributed by atoms with Gasteiger partial charge in [-0.25, -0.2) is 4.98 Å². The number of hydrogen-bond acceptors (Lipinski definition) is 3. The molecular weight excluding hydrogens is 250 g/mol. The van der Waals surface area contributed by atoms with Crippen LogP contribution in [0.2, 0.25) is 0 Å². The van der Waals surface area contributed by atoms with Gasteiger partial charge in [-0.15, -0.1) is 0 Å². The predicted molar refractivity (Wildman–Crippen MR) is 81.9 cm³/mol. The maximum absolute atomic E-state index is 5.88. The minimum absolute atomic E-state index is 0.0260. The van der Waals surface area contributed by atoms with E-state index in [1.807, 2.05) is 13.3 Å². The predicted octanol–water partition coefficient (Wildman–Crippen LogP) is 2.77. The molecule has 0 aromatic carbocycles. The fraction of sp³-hybridized carbons (Fsp3) is 0.812. The Morgan fingerprint density at radius 3 is 2.75 bits per heavy atom. The highest BCUT2D eigenvalue weighted by Crippen LogP contribution is 2.39. The third-order valence-electron chi connectivity index (χ3n) is 4.54. The van der Waals surface area contributed by atoms with E-state index < -0.39 is 0 Å². The molecule has 1 unspecified atom stereocenters. The van der Waals surface area contributed by atoms with Crippen molar-refractivity contribution in [3.8, 4) is 0 Å². The van der Waals surface area contributed by atoms with Gasteiger partial charge >= 0.3 is 0 Å². The largest absolute Gasteiger partial charge is 0.377 e. The second kappa shape index (κ2) is 7.23. The molecule has 1 saturated carbocycles. The van der Waals surface area contributed by atoms with Crippen molar-refractivity contribution in [3.05, 3.63) is 18.2 Å². The second-order valence-corrected chi connectivity index (χ2v) is 5.87. The highest BCUT2D eigenvalue weighted by Gasteiger charge is 2.44. The summed E-state index contributed by atoms with van der Waals surface area (Å²) in [4.78, 5) is 4.56. The quantitative estimate of drug-likeness (QED) is 0.755. The molecule has 1 aromatic heterocycles. The summed E-state index contributed by atoms with van der Waals surface area (Å²) in [6.45, 7) is 6.52. The van der Waals surface area contributed by atoms with Crippen molar-refractivity contribution >= 4 is 0 Å². The number of methoxy groups -OCH3 is 1. The van der Waals surface area contributed by atoms with Gasteiger partial charge in [-0.3, -0.25) is 0 Å². The summed E-state index contributed by atoms with van der Waals surface area (Å²) in [6.07, 6.45) is 10.9. The Kier molecular flexibility index (Phi) is 5.61. The van der Waals surface area contributed by atoms with E-state index in [0.717, 1.165) is 32.4 Å². The molecule has 1 fully saturated rings. The van der Waals surface area contributed by atoms with E-state index >= 15 is 0 Å². The van der Waals surface area contributed by atoms with Crippen molar-refractivity contribution in [2.75, 3.05) is 13.7 Å². The Labute approximate surface area is 122 Å². The molecule has 4 heteroatoms. The highest BCUT2D eigenvalue weighted by atomic mass is 16.5. The molecule has 20 heavy (non-hydrogen) atoms. The van der Waals surface area contributed by atoms with Gasteiger partial charge in [0.25, 0.3) is 0 Å². The molecule has 0 radical (unpaired) electrons. The van der Waals surface area contributed by atoms with Gasteiger partial charge in [0.05, 0.1) is 5.60 Å². The number of ether oxygens (including phenoxy) is 1. The molecule has 0 bridgehead atoms. The van der Waals surface area contributed by atoms with Gasteiger partial charge in [0.1, 0.15) is 5.82 Å². The van der Waals surface area contributed by atoms with Crippen molar-refractivity contribution in [3.63, 3.8) is 0 Å². The number of nitrogens with one attached hydrogen (secondary N) is 1. The van der Waals surface area contributed by atoms with E-state index in [9.17, 15) is 0 Å². The van der Waals surface area contributed by atoms with Crippen LogP contribution in [-0.4, -0.2) is 34.8 Å². The van der Waals surface area contributed by atoms with Gasteiger partial charge in [0.15, 0.2) is 0 Å². The number of imidazole rings is 1. The average molecular weight is 279 g/mol. The first-order valence-electron chi connectivity index (χ1n) is 8.04. The SMILES string of the molecule is CCCNC(Cc1nccn1CCC)C1(OC)CCC1. The number of rotatable bonds is 9. The number of aryl methyl sites for hydroxylation is 1. The fourth-order valence-electron chi connectivity index (χ4n) is 3.14. The summed E-state index contributed by atoms with van der Waals surface area (Å²) >= 11 is 0. The first kappa shape index (κ1) is 15.5. The van der Waals surface area contributed by atoms with Crippen LogP contribution in [0.5, 0.6) is 0 Å². The minimum atomic E-state index is 0.0260. The van der Waals surface area contributed by atoms with Gasteiger partial charge in [-0.05, 0) is 38.6 Å². The summed E-state index contributed by atoms with van der Waals surface area (Å²) < 4.78 is 8.16. The van der Waals surface area contributed by atoms with Crippen molar-refractivity contribution in [1.29, 1.82) is 0 Å². The monoisotopic (exact) mass is 279 g/mol. The van der Waals surface area contributed by atoms with Crippen LogP contribution in [0, 0.1) is 0 Å². The van der Waals surface area contributed by atoms with Crippen LogP contribution >= 0.6 is 0 Å². The molecule has 1 heterocycles. The molecule has 2 rings (SSSR count). The Morgan fingerprint density at radius 2 is 2.20 bits per heavy atom. The van der Waals surface area contributed by atoms with E-state index in [-0.39, 0.29) is 5.60 Å². The normalized spacial score (nSPS) is 18.8. The summed E-state index contributed by atoms with van der Waals surface area (Å²) in [6, 6.07) is 0.374. The maximum atomic E-state index is 5.88. The second-order valence-electron chi connectivity index (χ2n) is 5.87. The molecule has 1 N–H and O–H groups in total. The molecule has 0 saturated heterocycles. The van der Waals surface area contributed by atoms with Crippen LogP contribution in [0.3, 0.4) is 0 Å². The third kappa shape index (κ3) is 3.23. The lowest BCUT2D eigenvalue weighted by molar-refractivity contribution is -0.0985. The maximum Gasteiger partial charge on any atom is 0.110 e. The van der Waals surface area contributed by atoms with Crippen molar-refractivity contribution in [1.82, 2.24) is 14.9 Å². The first-order valence-corrected chi connectivity index (χ1v) is 8.04. The Balaban J connectivity index is 2.08. The van der Waals surface area contributed by atoms with E-state index in [0.29, 0.717) is 6.04 Å². The molecule has 1 aliphatic rings. The van der Waals surface area contributed by atoms with E-state index in [4.69, 9.17) is 4.74 Å². The van der Waals surface area contributed by atoms with Crippen LogP contribution in [0.1, 0.15) is 51.8 Å². The lowest BCUT2D eigenvalue weighted by Gasteiger charge is -2.47. The molecule has 0 spiro atoms. The van der Waals surface area contributed by atoms with Crippen LogP contribution in [0.4, 0.5) is 0 Å². The Bertz CT molecular complexity index is 393. The summed E-state index contributed by atoms with van der Waals surface area (Å²) in [5.41, 5.74) is 0.0260. The molecule has 4 nitrogen and oxygen atoms in total. The zero-order valence-electron chi connectivity index (χ0n) is 13.2. The number of hydrogen-bond donors (Lipinski definition) is 1. The van der Waals surface area contributed by atoms with E-state index in [1.165, 1.54) is 25.1 Å². The van der Waals surface area contributed by atoms with Gasteiger partial charge in [-0.1, -0.05) is 13.8 Å². The number of aromatic nitrogens is 2. The summed E-state index contributed by atoms with van der Waals surface area (Å²) in [5, 5.41) is 3.69. The first-order chi connectivity index (χ1) is 9.75. The average Bonchev–Trinajstić information content (AvgIpc) is 2.83. The van der Waals surface area contributed by atoms with Gasteiger partial charge in [-0.2, -0.15) is 0 Å². The minimum Gasteiger partial charge on any atom is -0.377 e. The summed E-state index contributed by atoms with van der Waals surface area (Å²) in [7, 11) is 1.86. The fourth-order valence-corrected chi connectivity index (χ4v) is 3.14. The van der Waals surface area contributed by atoms with E-state index in [2.05, 4.69) is 34.9 Å². The topological polar surface area (TPSA) is 39.1 Å². The standard InChI is InChI=1S/C16H29N3O/c1-4-9-17-14(16(20-3)7-6-8-16)13-15-18-10-12-19(15)11-5-2/h10,12,14,17H,4-9,11,13H2,1-3H3. The van der Waals surface area contributed by atoms with E-state index in [1.54, 1.807) is 0 Å². The summed E-state index contributed by atoms with van der Waals surface area (Å²) in [5.74, 6) is 1.18. The molecule has 0 aliphatic heterocycles. The van der Waals surface area contributed by atoms with Crippen molar-refractivity contribution < 1.29 is 4.74 Å². The molecule has 1 aromatic rings. The van der Waals surface area contributed by atoms with Crippen molar-refractivity contribution in [2.24, 2.45) is 0 Å². The van der Waals surface area contributed by atoms with Crippen LogP contribution in [0.25, 0.3) is 0 Å². The zero-order chi connectivity index (χ0) is 14.4. The van der Waals surface area contributed by atoms with Crippen LogP contribution < -0.4 is 5.32 Å². The molecular formula is C16H29N3O. The molecule has 0 amide bonds. The lowest BCUT2D eigenvalue weighted by Crippen LogP contribution is -2.57. The van der Waals surface area contributed by atoms with Crippen LogP contribution in [-0.2, 0) is 17.7 Å². The Hall–Kier alpha value is -0.870. The smallest absolute Gasteiger partial charge is 0.110 e. The molecule has 1 aliphatic carbocycles. The Morgan fingerprint density at radius 1 is 1.40 bits per heavy atom. The zero-order valence-corrected chi connectivity index (χ0v) is 13.2. The lowest BCUT2D eigenvalue weighted by atomic mass is 9.73. The highest BCUT2D eigenvalue weighted by molar-refractivity contribution is 5.06. The van der Waals surface area contributed by atoms with Crippen molar-refractivity contribution in [2.45, 2.75) is 70.6 Å². The van der Waals surface area contributed by atoms with Gasteiger partial charge < -0.3 is 14.6 Å². The number of nitrogens with zero attached hydrogens (tertiary/aromatic N) is 2.